The number of esters is 1. The first kappa shape index (κ1) is 14.7. The van der Waals surface area contributed by atoms with E-state index in [1.54, 1.807) is 6.08 Å². The number of rotatable bonds is 3. The molecule has 0 spiro atoms. The normalized spacial score (nSPS) is 22.6. The molecule has 18 heavy (non-hydrogen) atoms. The van der Waals surface area contributed by atoms with Crippen molar-refractivity contribution in [3.8, 4) is 0 Å². The molecule has 0 aromatic heterocycles. The number of carbonyl (C=O) groups is 2. The second-order valence-electron chi connectivity index (χ2n) is 5.49. The van der Waals surface area contributed by atoms with Crippen molar-refractivity contribution in [2.75, 3.05) is 0 Å². The lowest BCUT2D eigenvalue weighted by Gasteiger charge is -2.32. The van der Waals surface area contributed by atoms with E-state index in [2.05, 4.69) is 0 Å². The molecule has 0 heterocycles. The molecule has 0 aromatic rings. The number of ether oxygens (including phenoxy) is 1. The zero-order valence-corrected chi connectivity index (χ0v) is 11.9. The maximum absolute atomic E-state index is 11.6. The molecule has 3 heteroatoms. The minimum atomic E-state index is -0.273. The van der Waals surface area contributed by atoms with Crippen LogP contribution in [0.15, 0.2) is 23.3 Å². The lowest BCUT2D eigenvalue weighted by Crippen LogP contribution is -2.26. The second kappa shape index (κ2) is 5.51. The summed E-state index contributed by atoms with van der Waals surface area (Å²) in [5, 5.41) is 0. The molecule has 1 aliphatic carbocycles. The molecular weight excluding hydrogens is 228 g/mol. The number of hydrogen-bond donors (Lipinski definition) is 0. The maximum Gasteiger partial charge on any atom is 0.303 e. The van der Waals surface area contributed by atoms with Crippen molar-refractivity contribution in [1.29, 1.82) is 0 Å². The van der Waals surface area contributed by atoms with Crippen LogP contribution in [0.4, 0.5) is 0 Å². The molecule has 1 unspecified atom stereocenters. The Balaban J connectivity index is 3.07. The van der Waals surface area contributed by atoms with E-state index >= 15 is 0 Å². The number of hydrogen-bond acceptors (Lipinski definition) is 3. The van der Waals surface area contributed by atoms with Crippen LogP contribution in [-0.2, 0) is 14.3 Å². The first-order chi connectivity index (χ1) is 8.26. The number of ketones is 1. The fraction of sp³-hybridized carbons (Fsp3) is 0.600. The summed E-state index contributed by atoms with van der Waals surface area (Å²) in [6.45, 7) is 9.43. The third-order valence-electron chi connectivity index (χ3n) is 3.22. The van der Waals surface area contributed by atoms with Gasteiger partial charge in [-0.05, 0) is 42.1 Å². The molecule has 0 fully saturated rings. The second-order valence-corrected chi connectivity index (χ2v) is 5.49. The third-order valence-corrected chi connectivity index (χ3v) is 3.22. The van der Waals surface area contributed by atoms with Gasteiger partial charge in [0.25, 0.3) is 0 Å². The van der Waals surface area contributed by atoms with Crippen LogP contribution in [0.3, 0.4) is 0 Å². The molecule has 1 aliphatic rings. The Labute approximate surface area is 109 Å². The standard InChI is InChI=1S/C15H22O3/c1-6-13(18-11(3)16)8-14-10(2)7-12(17)9-15(14,4)5/h7-8,13H,6,9H2,1-5H3/b14-8+. The summed E-state index contributed by atoms with van der Waals surface area (Å²) in [5.41, 5.74) is 1.89. The van der Waals surface area contributed by atoms with Crippen molar-refractivity contribution >= 4 is 11.8 Å². The van der Waals surface area contributed by atoms with Crippen LogP contribution >= 0.6 is 0 Å². The van der Waals surface area contributed by atoms with Crippen LogP contribution in [-0.4, -0.2) is 17.9 Å². The van der Waals surface area contributed by atoms with E-state index < -0.39 is 0 Å². The SMILES string of the molecule is CCC(/C=C1\C(C)=CC(=O)CC1(C)C)OC(C)=O. The minimum Gasteiger partial charge on any atom is -0.458 e. The van der Waals surface area contributed by atoms with E-state index in [4.69, 9.17) is 4.74 Å². The Kier molecular flexibility index (Phi) is 4.49. The molecule has 0 N–H and O–H groups in total. The molecule has 0 aromatic carbocycles. The molecule has 0 aliphatic heterocycles. The quantitative estimate of drug-likeness (QED) is 0.722. The first-order valence-corrected chi connectivity index (χ1v) is 6.37. The molecular formula is C15H22O3. The van der Waals surface area contributed by atoms with Crippen molar-refractivity contribution in [2.24, 2.45) is 5.41 Å². The smallest absolute Gasteiger partial charge is 0.303 e. The molecule has 0 saturated heterocycles. The predicted octanol–water partition coefficient (Wildman–Crippen LogP) is 3.20. The Hall–Kier alpha value is -1.38. The molecule has 0 amide bonds. The molecule has 100 valence electrons. The van der Waals surface area contributed by atoms with Crippen LogP contribution in [0, 0.1) is 5.41 Å². The summed E-state index contributed by atoms with van der Waals surface area (Å²) in [6.07, 6.45) is 4.69. The first-order valence-electron chi connectivity index (χ1n) is 6.37. The van der Waals surface area contributed by atoms with E-state index in [1.165, 1.54) is 6.92 Å². The average molecular weight is 250 g/mol. The molecule has 1 atom stereocenters. The van der Waals surface area contributed by atoms with E-state index in [0.29, 0.717) is 6.42 Å². The van der Waals surface area contributed by atoms with Gasteiger partial charge in [-0.15, -0.1) is 0 Å². The molecule has 0 saturated carbocycles. The summed E-state index contributed by atoms with van der Waals surface area (Å²) in [7, 11) is 0. The Morgan fingerprint density at radius 1 is 1.56 bits per heavy atom. The van der Waals surface area contributed by atoms with Crippen molar-refractivity contribution < 1.29 is 14.3 Å². The van der Waals surface area contributed by atoms with E-state index in [9.17, 15) is 9.59 Å². The molecule has 1 rings (SSSR count). The van der Waals surface area contributed by atoms with Gasteiger partial charge in [-0.1, -0.05) is 20.8 Å². The van der Waals surface area contributed by atoms with Gasteiger partial charge in [0.2, 0.25) is 0 Å². The lowest BCUT2D eigenvalue weighted by atomic mass is 9.72. The summed E-state index contributed by atoms with van der Waals surface area (Å²) < 4.78 is 5.24. The van der Waals surface area contributed by atoms with Gasteiger partial charge >= 0.3 is 5.97 Å². The summed E-state index contributed by atoms with van der Waals surface area (Å²) in [5.74, 6) is -0.111. The topological polar surface area (TPSA) is 43.4 Å². The zero-order valence-electron chi connectivity index (χ0n) is 11.9. The van der Waals surface area contributed by atoms with Gasteiger partial charge in [0, 0.05) is 13.3 Å². The summed E-state index contributed by atoms with van der Waals surface area (Å²) in [4.78, 5) is 22.6. The Morgan fingerprint density at radius 2 is 2.17 bits per heavy atom. The van der Waals surface area contributed by atoms with Gasteiger partial charge < -0.3 is 4.74 Å². The van der Waals surface area contributed by atoms with Crippen molar-refractivity contribution in [3.05, 3.63) is 23.3 Å². The van der Waals surface area contributed by atoms with Crippen LogP contribution in [0.25, 0.3) is 0 Å². The van der Waals surface area contributed by atoms with Gasteiger partial charge in [0.15, 0.2) is 5.78 Å². The minimum absolute atomic E-state index is 0.162. The predicted molar refractivity (Wildman–Crippen MR) is 71.1 cm³/mol. The maximum atomic E-state index is 11.6. The molecule has 0 bridgehead atoms. The number of allylic oxidation sites excluding steroid dienone is 3. The van der Waals surface area contributed by atoms with E-state index in [1.807, 2.05) is 33.8 Å². The molecule has 3 nitrogen and oxygen atoms in total. The highest BCUT2D eigenvalue weighted by Gasteiger charge is 2.31. The Bertz CT molecular complexity index is 413. The third kappa shape index (κ3) is 3.56. The van der Waals surface area contributed by atoms with Crippen molar-refractivity contribution in [3.63, 3.8) is 0 Å². The van der Waals surface area contributed by atoms with E-state index in [-0.39, 0.29) is 23.3 Å². The van der Waals surface area contributed by atoms with Crippen LogP contribution in [0.5, 0.6) is 0 Å². The van der Waals surface area contributed by atoms with Crippen LogP contribution in [0.2, 0.25) is 0 Å². The zero-order chi connectivity index (χ0) is 13.9. The van der Waals surface area contributed by atoms with Gasteiger partial charge in [-0.25, -0.2) is 0 Å². The fourth-order valence-electron chi connectivity index (χ4n) is 2.43. The van der Waals surface area contributed by atoms with Gasteiger partial charge in [0.1, 0.15) is 6.10 Å². The summed E-state index contributed by atoms with van der Waals surface area (Å²) in [6, 6.07) is 0. The Morgan fingerprint density at radius 3 is 2.61 bits per heavy atom. The highest BCUT2D eigenvalue weighted by atomic mass is 16.5. The van der Waals surface area contributed by atoms with Gasteiger partial charge in [-0.3, -0.25) is 9.59 Å². The fourth-order valence-corrected chi connectivity index (χ4v) is 2.43. The van der Waals surface area contributed by atoms with Gasteiger partial charge in [-0.2, -0.15) is 0 Å². The molecule has 0 radical (unpaired) electrons. The van der Waals surface area contributed by atoms with Crippen molar-refractivity contribution in [1.82, 2.24) is 0 Å². The number of carbonyl (C=O) groups excluding carboxylic acids is 2. The van der Waals surface area contributed by atoms with Crippen LogP contribution in [0.1, 0.15) is 47.5 Å². The van der Waals surface area contributed by atoms with Crippen LogP contribution < -0.4 is 0 Å². The summed E-state index contributed by atoms with van der Waals surface area (Å²) >= 11 is 0. The lowest BCUT2D eigenvalue weighted by molar-refractivity contribution is -0.144. The van der Waals surface area contributed by atoms with Crippen molar-refractivity contribution in [2.45, 2.75) is 53.6 Å². The van der Waals surface area contributed by atoms with E-state index in [0.717, 1.165) is 17.6 Å². The van der Waals surface area contributed by atoms with Gasteiger partial charge in [0.05, 0.1) is 0 Å². The highest BCUT2D eigenvalue weighted by Crippen LogP contribution is 2.39. The monoisotopic (exact) mass is 250 g/mol. The average Bonchev–Trinajstić information content (AvgIpc) is 2.19. The highest BCUT2D eigenvalue weighted by molar-refractivity contribution is 5.93. The largest absolute Gasteiger partial charge is 0.458 e.